The van der Waals surface area contributed by atoms with E-state index < -0.39 is 0 Å². The van der Waals surface area contributed by atoms with Crippen LogP contribution in [0.2, 0.25) is 0 Å². The first-order valence-corrected chi connectivity index (χ1v) is 18.2. The Kier molecular flexibility index (Phi) is 15.9. The molecule has 0 saturated heterocycles. The Balaban J connectivity index is 0.000000208. The van der Waals surface area contributed by atoms with Crippen LogP contribution in [0.25, 0.3) is 33.8 Å². The number of aromatic nitrogens is 3. The van der Waals surface area contributed by atoms with Gasteiger partial charge in [0, 0.05) is 18.6 Å². The number of rotatable bonds is 9. The first-order valence-electron chi connectivity index (χ1n) is 18.2. The second-order valence-corrected chi connectivity index (χ2v) is 14.8. The van der Waals surface area contributed by atoms with Gasteiger partial charge in [-0.3, -0.25) is 0 Å². The van der Waals surface area contributed by atoms with Gasteiger partial charge in [-0.1, -0.05) is 98.7 Å². The van der Waals surface area contributed by atoms with Gasteiger partial charge in [0.2, 0.25) is 0 Å². The van der Waals surface area contributed by atoms with Gasteiger partial charge in [0.15, 0.2) is 0 Å². The fourth-order valence-electron chi connectivity index (χ4n) is 5.28. The van der Waals surface area contributed by atoms with E-state index in [1.165, 1.54) is 16.7 Å². The summed E-state index contributed by atoms with van der Waals surface area (Å²) >= 11 is 0. The van der Waals surface area contributed by atoms with E-state index in [2.05, 4.69) is 132 Å². The molecule has 0 aliphatic heterocycles. The van der Waals surface area contributed by atoms with Crippen molar-refractivity contribution in [2.75, 3.05) is 0 Å². The van der Waals surface area contributed by atoms with Gasteiger partial charge in [-0.15, -0.1) is 106 Å². The molecule has 3 nitrogen and oxygen atoms in total. The minimum atomic E-state index is 0. The predicted octanol–water partition coefficient (Wildman–Crippen LogP) is 12.7. The van der Waals surface area contributed by atoms with E-state index in [1.54, 1.807) is 0 Å². The summed E-state index contributed by atoms with van der Waals surface area (Å²) in [4.78, 5) is 13.1. The Morgan fingerprint density at radius 2 is 0.692 bits per heavy atom. The molecule has 0 radical (unpaired) electrons. The van der Waals surface area contributed by atoms with E-state index in [1.807, 2.05) is 91.4 Å². The number of hydrogen-bond acceptors (Lipinski definition) is 3. The Labute approximate surface area is 327 Å². The fourth-order valence-corrected chi connectivity index (χ4v) is 5.28. The van der Waals surface area contributed by atoms with Gasteiger partial charge in [-0.25, -0.2) is 0 Å². The summed E-state index contributed by atoms with van der Waals surface area (Å²) in [6.07, 6.45) is 8.83. The number of benzene rings is 3. The standard InChI is InChI=1S/3C16H18N.Ir/c3*1-4-16(2,3)14-9-7-8-13(12-14)15-10-5-6-11-17-15;/h3*5-7,9-12H,4H2,1-3H3;/q3*-1;+3. The van der Waals surface area contributed by atoms with Crippen LogP contribution in [-0.4, -0.2) is 15.0 Å². The summed E-state index contributed by atoms with van der Waals surface area (Å²) in [6, 6.07) is 46.7. The molecule has 0 aliphatic rings. The van der Waals surface area contributed by atoms with Crippen LogP contribution < -0.4 is 0 Å². The molecule has 6 rings (SSSR count). The quantitative estimate of drug-likeness (QED) is 0.136. The zero-order valence-electron chi connectivity index (χ0n) is 32.4. The molecule has 4 heteroatoms. The third-order valence-electron chi connectivity index (χ3n) is 10.2. The van der Waals surface area contributed by atoms with E-state index in [0.717, 1.165) is 53.0 Å². The molecule has 6 aromatic rings. The van der Waals surface area contributed by atoms with Crippen LogP contribution in [0.15, 0.2) is 128 Å². The molecule has 0 unspecified atom stereocenters. The molecule has 3 aromatic carbocycles. The van der Waals surface area contributed by atoms with E-state index in [0.29, 0.717) is 0 Å². The first kappa shape index (κ1) is 42.2. The van der Waals surface area contributed by atoms with Crippen LogP contribution in [0.1, 0.15) is 98.3 Å². The molecular formula is C48H54IrN3. The Bertz CT molecular complexity index is 1690. The zero-order valence-corrected chi connectivity index (χ0v) is 34.8. The summed E-state index contributed by atoms with van der Waals surface area (Å²) in [5, 5.41) is 0. The Hall–Kier alpha value is -4.24. The smallest absolute Gasteiger partial charge is 0.305 e. The van der Waals surface area contributed by atoms with Crippen molar-refractivity contribution in [1.82, 2.24) is 15.0 Å². The first-order chi connectivity index (χ1) is 24.4. The van der Waals surface area contributed by atoms with Crippen molar-refractivity contribution in [3.63, 3.8) is 0 Å². The summed E-state index contributed by atoms with van der Waals surface area (Å²) in [6.45, 7) is 20.3. The van der Waals surface area contributed by atoms with E-state index in [4.69, 9.17) is 0 Å². The molecule has 0 aliphatic carbocycles. The zero-order chi connectivity index (χ0) is 36.9. The van der Waals surface area contributed by atoms with E-state index in [-0.39, 0.29) is 36.4 Å². The molecule has 0 fully saturated rings. The maximum Gasteiger partial charge on any atom is 3.00 e. The van der Waals surface area contributed by atoms with Crippen LogP contribution in [0.4, 0.5) is 0 Å². The average molecular weight is 865 g/mol. The minimum Gasteiger partial charge on any atom is -0.305 e. The number of pyridine rings is 3. The van der Waals surface area contributed by atoms with Crippen molar-refractivity contribution in [2.45, 2.75) is 97.8 Å². The molecule has 0 N–H and O–H groups in total. The van der Waals surface area contributed by atoms with Gasteiger partial charge in [0.05, 0.1) is 0 Å². The predicted molar refractivity (Wildman–Crippen MR) is 215 cm³/mol. The third-order valence-corrected chi connectivity index (χ3v) is 10.2. The van der Waals surface area contributed by atoms with Gasteiger partial charge in [-0.05, 0) is 70.8 Å². The summed E-state index contributed by atoms with van der Waals surface area (Å²) in [7, 11) is 0. The molecule has 52 heavy (non-hydrogen) atoms. The molecule has 270 valence electrons. The van der Waals surface area contributed by atoms with Crippen molar-refractivity contribution >= 4 is 0 Å². The summed E-state index contributed by atoms with van der Waals surface area (Å²) in [5.41, 5.74) is 10.8. The molecular weight excluding hydrogens is 811 g/mol. The monoisotopic (exact) mass is 865 g/mol. The van der Waals surface area contributed by atoms with E-state index in [9.17, 15) is 0 Å². The number of hydrogen-bond donors (Lipinski definition) is 0. The molecule has 0 amide bonds. The van der Waals surface area contributed by atoms with Gasteiger partial charge in [0.25, 0.3) is 0 Å². The van der Waals surface area contributed by atoms with Gasteiger partial charge in [-0.2, -0.15) is 0 Å². The summed E-state index contributed by atoms with van der Waals surface area (Å²) in [5.74, 6) is 0. The third kappa shape index (κ3) is 11.6. The van der Waals surface area contributed by atoms with Gasteiger partial charge in [0.1, 0.15) is 0 Å². The normalized spacial score (nSPS) is 11.2. The minimum absolute atomic E-state index is 0. The van der Waals surface area contributed by atoms with Gasteiger partial charge >= 0.3 is 20.1 Å². The maximum atomic E-state index is 4.37. The molecule has 0 spiro atoms. The fraction of sp³-hybridized carbons (Fsp3) is 0.312. The number of nitrogens with zero attached hydrogens (tertiary/aromatic N) is 3. The molecule has 0 saturated carbocycles. The molecule has 0 bridgehead atoms. The van der Waals surface area contributed by atoms with Crippen molar-refractivity contribution in [1.29, 1.82) is 0 Å². The Morgan fingerprint density at radius 3 is 0.904 bits per heavy atom. The summed E-state index contributed by atoms with van der Waals surface area (Å²) < 4.78 is 0. The molecule has 3 aromatic heterocycles. The van der Waals surface area contributed by atoms with Crippen molar-refractivity contribution in [2.24, 2.45) is 0 Å². The van der Waals surface area contributed by atoms with Crippen LogP contribution in [-0.2, 0) is 36.4 Å². The van der Waals surface area contributed by atoms with Crippen molar-refractivity contribution < 1.29 is 20.1 Å². The topological polar surface area (TPSA) is 38.7 Å². The second-order valence-electron chi connectivity index (χ2n) is 14.8. The molecule has 3 heterocycles. The van der Waals surface area contributed by atoms with E-state index >= 15 is 0 Å². The maximum absolute atomic E-state index is 4.37. The van der Waals surface area contributed by atoms with Gasteiger partial charge < -0.3 is 15.0 Å². The SMILES string of the molecule is CCC(C)(C)c1cc[c-]c(-c2ccccn2)c1.CCC(C)(C)c1cc[c-]c(-c2ccccn2)c1.CCC(C)(C)c1cc[c-]c(-c2ccccn2)c1.[Ir+3]. The van der Waals surface area contributed by atoms with Crippen LogP contribution >= 0.6 is 0 Å². The second kappa shape index (κ2) is 19.6. The Morgan fingerprint density at radius 1 is 0.423 bits per heavy atom. The largest absolute Gasteiger partial charge is 3.00 e. The van der Waals surface area contributed by atoms with Crippen molar-refractivity contribution in [3.8, 4) is 33.8 Å². The average Bonchev–Trinajstić information content (AvgIpc) is 3.19. The van der Waals surface area contributed by atoms with Crippen LogP contribution in [0.3, 0.4) is 0 Å². The van der Waals surface area contributed by atoms with Crippen LogP contribution in [0.5, 0.6) is 0 Å². The van der Waals surface area contributed by atoms with Crippen molar-refractivity contribution in [3.05, 3.63) is 163 Å². The van der Waals surface area contributed by atoms with Crippen LogP contribution in [0, 0.1) is 18.2 Å². The molecule has 0 atom stereocenters.